The Morgan fingerprint density at radius 2 is 2.24 bits per heavy atom. The number of likely N-dealkylation sites (tertiary alicyclic amines) is 1. The van der Waals surface area contributed by atoms with Crippen molar-refractivity contribution >= 4 is 23.2 Å². The summed E-state index contributed by atoms with van der Waals surface area (Å²) < 4.78 is 0. The molecule has 0 radical (unpaired) electrons. The fourth-order valence-corrected chi connectivity index (χ4v) is 2.71. The molecule has 4 heteroatoms. The van der Waals surface area contributed by atoms with Crippen LogP contribution in [0.4, 0.5) is 0 Å². The minimum atomic E-state index is 0.599. The van der Waals surface area contributed by atoms with Crippen molar-refractivity contribution in [3.8, 4) is 0 Å². The van der Waals surface area contributed by atoms with Crippen molar-refractivity contribution < 1.29 is 0 Å². The monoisotopic (exact) mass is 272 g/mol. The third-order valence-corrected chi connectivity index (χ3v) is 3.92. The van der Waals surface area contributed by atoms with Gasteiger partial charge in [-0.25, -0.2) is 0 Å². The van der Waals surface area contributed by atoms with Gasteiger partial charge in [0.05, 0.1) is 0 Å². The summed E-state index contributed by atoms with van der Waals surface area (Å²) in [5.74, 6) is 0. The van der Waals surface area contributed by atoms with E-state index in [9.17, 15) is 0 Å². The molecule has 17 heavy (non-hydrogen) atoms. The molecule has 1 aromatic carbocycles. The average molecular weight is 273 g/mol. The number of piperidine rings is 1. The van der Waals surface area contributed by atoms with E-state index in [1.165, 1.54) is 12.8 Å². The molecule has 1 saturated heterocycles. The number of nitrogens with zero attached hydrogens (tertiary/aromatic N) is 1. The van der Waals surface area contributed by atoms with Crippen molar-refractivity contribution in [2.75, 3.05) is 20.1 Å². The number of halogens is 2. The van der Waals surface area contributed by atoms with Gasteiger partial charge in [0, 0.05) is 29.2 Å². The maximum Gasteiger partial charge on any atom is 0.0452 e. The standard InChI is InChI=1S/C13H18Cl2N2/c1-16-12-3-2-6-17(9-12)8-10-7-11(14)4-5-13(10)15/h4-5,7,12,16H,2-3,6,8-9H2,1H3/t12-/m1/s1. The van der Waals surface area contributed by atoms with E-state index in [-0.39, 0.29) is 0 Å². The van der Waals surface area contributed by atoms with Gasteiger partial charge in [0.25, 0.3) is 0 Å². The first-order chi connectivity index (χ1) is 8.19. The van der Waals surface area contributed by atoms with Gasteiger partial charge in [0.15, 0.2) is 0 Å². The normalized spacial score (nSPS) is 21.7. The topological polar surface area (TPSA) is 15.3 Å². The Bertz CT molecular complexity index is 382. The average Bonchev–Trinajstić information content (AvgIpc) is 2.34. The van der Waals surface area contributed by atoms with Crippen molar-refractivity contribution in [2.24, 2.45) is 0 Å². The van der Waals surface area contributed by atoms with Gasteiger partial charge in [-0.2, -0.15) is 0 Å². The first-order valence-electron chi connectivity index (χ1n) is 6.02. The molecule has 0 amide bonds. The summed E-state index contributed by atoms with van der Waals surface area (Å²) in [6.07, 6.45) is 2.50. The maximum atomic E-state index is 6.18. The van der Waals surface area contributed by atoms with E-state index in [1.54, 1.807) is 0 Å². The van der Waals surface area contributed by atoms with Gasteiger partial charge in [-0.05, 0) is 50.2 Å². The SMILES string of the molecule is CN[C@@H]1CCCN(Cc2cc(Cl)ccc2Cl)C1. The zero-order valence-electron chi connectivity index (χ0n) is 10.0. The van der Waals surface area contributed by atoms with Crippen LogP contribution in [-0.2, 0) is 6.54 Å². The number of hydrogen-bond acceptors (Lipinski definition) is 2. The smallest absolute Gasteiger partial charge is 0.0452 e. The molecular formula is C13H18Cl2N2. The summed E-state index contributed by atoms with van der Waals surface area (Å²) in [6.45, 7) is 3.11. The molecule has 2 rings (SSSR count). The van der Waals surface area contributed by atoms with E-state index in [1.807, 2.05) is 25.2 Å². The van der Waals surface area contributed by atoms with Crippen LogP contribution in [0.25, 0.3) is 0 Å². The lowest BCUT2D eigenvalue weighted by Crippen LogP contribution is -2.43. The summed E-state index contributed by atoms with van der Waals surface area (Å²) in [5.41, 5.74) is 1.12. The summed E-state index contributed by atoms with van der Waals surface area (Å²) in [5, 5.41) is 4.91. The van der Waals surface area contributed by atoms with E-state index in [0.717, 1.165) is 35.2 Å². The van der Waals surface area contributed by atoms with Crippen LogP contribution >= 0.6 is 23.2 Å². The summed E-state index contributed by atoms with van der Waals surface area (Å²) >= 11 is 12.2. The Balaban J connectivity index is 2.02. The molecule has 1 fully saturated rings. The Hall–Kier alpha value is -0.280. The lowest BCUT2D eigenvalue weighted by Gasteiger charge is -2.32. The Morgan fingerprint density at radius 3 is 3.00 bits per heavy atom. The molecule has 1 aliphatic heterocycles. The highest BCUT2D eigenvalue weighted by Crippen LogP contribution is 2.23. The largest absolute Gasteiger partial charge is 0.316 e. The number of rotatable bonds is 3. The highest BCUT2D eigenvalue weighted by atomic mass is 35.5. The highest BCUT2D eigenvalue weighted by molar-refractivity contribution is 6.33. The third kappa shape index (κ3) is 3.59. The predicted octanol–water partition coefficient (Wildman–Crippen LogP) is 3.18. The van der Waals surface area contributed by atoms with Gasteiger partial charge < -0.3 is 5.32 Å². The van der Waals surface area contributed by atoms with Crippen LogP contribution in [0.5, 0.6) is 0 Å². The van der Waals surface area contributed by atoms with Crippen LogP contribution in [0.2, 0.25) is 10.0 Å². The predicted molar refractivity (Wildman–Crippen MR) is 73.8 cm³/mol. The molecule has 0 aromatic heterocycles. The molecule has 1 heterocycles. The van der Waals surface area contributed by atoms with E-state index in [0.29, 0.717) is 6.04 Å². The van der Waals surface area contributed by atoms with E-state index >= 15 is 0 Å². The van der Waals surface area contributed by atoms with Crippen molar-refractivity contribution in [2.45, 2.75) is 25.4 Å². The van der Waals surface area contributed by atoms with Gasteiger partial charge in [-0.15, -0.1) is 0 Å². The van der Waals surface area contributed by atoms with Crippen LogP contribution in [0.1, 0.15) is 18.4 Å². The molecule has 1 aliphatic rings. The molecule has 2 nitrogen and oxygen atoms in total. The molecule has 0 unspecified atom stereocenters. The molecule has 0 saturated carbocycles. The molecular weight excluding hydrogens is 255 g/mol. The molecule has 1 aromatic rings. The maximum absolute atomic E-state index is 6.18. The van der Waals surface area contributed by atoms with E-state index in [2.05, 4.69) is 10.2 Å². The second kappa shape index (κ2) is 6.05. The van der Waals surface area contributed by atoms with Gasteiger partial charge in [0.2, 0.25) is 0 Å². The van der Waals surface area contributed by atoms with Crippen molar-refractivity contribution in [1.82, 2.24) is 10.2 Å². The van der Waals surface area contributed by atoms with Crippen LogP contribution in [0.3, 0.4) is 0 Å². The Morgan fingerprint density at radius 1 is 1.41 bits per heavy atom. The lowest BCUT2D eigenvalue weighted by atomic mass is 10.1. The van der Waals surface area contributed by atoms with Gasteiger partial charge in [0.1, 0.15) is 0 Å². The second-order valence-corrected chi connectivity index (χ2v) is 5.44. The van der Waals surface area contributed by atoms with Crippen LogP contribution in [0, 0.1) is 0 Å². The van der Waals surface area contributed by atoms with Crippen LogP contribution in [0.15, 0.2) is 18.2 Å². The Kier molecular flexibility index (Phi) is 4.69. The van der Waals surface area contributed by atoms with Gasteiger partial charge >= 0.3 is 0 Å². The second-order valence-electron chi connectivity index (χ2n) is 4.60. The van der Waals surface area contributed by atoms with Crippen molar-refractivity contribution in [1.29, 1.82) is 0 Å². The zero-order chi connectivity index (χ0) is 12.3. The molecule has 1 atom stereocenters. The first-order valence-corrected chi connectivity index (χ1v) is 6.78. The first kappa shape index (κ1) is 13.2. The van der Waals surface area contributed by atoms with Crippen molar-refractivity contribution in [3.63, 3.8) is 0 Å². The third-order valence-electron chi connectivity index (χ3n) is 3.32. The fourth-order valence-electron chi connectivity index (χ4n) is 2.34. The van der Waals surface area contributed by atoms with Gasteiger partial charge in [-0.1, -0.05) is 23.2 Å². The fraction of sp³-hybridized carbons (Fsp3) is 0.538. The Labute approximate surface area is 113 Å². The number of likely N-dealkylation sites (N-methyl/N-ethyl adjacent to an activating group) is 1. The molecule has 94 valence electrons. The highest BCUT2D eigenvalue weighted by Gasteiger charge is 2.19. The summed E-state index contributed by atoms with van der Waals surface area (Å²) in [6, 6.07) is 6.27. The quantitative estimate of drug-likeness (QED) is 0.910. The van der Waals surface area contributed by atoms with Gasteiger partial charge in [-0.3, -0.25) is 4.90 Å². The molecule has 0 spiro atoms. The number of nitrogens with one attached hydrogen (secondary N) is 1. The van der Waals surface area contributed by atoms with Crippen LogP contribution < -0.4 is 5.32 Å². The zero-order valence-corrected chi connectivity index (χ0v) is 11.6. The lowest BCUT2D eigenvalue weighted by molar-refractivity contribution is 0.188. The minimum absolute atomic E-state index is 0.599. The number of hydrogen-bond donors (Lipinski definition) is 1. The van der Waals surface area contributed by atoms with Crippen LogP contribution in [-0.4, -0.2) is 31.1 Å². The minimum Gasteiger partial charge on any atom is -0.316 e. The van der Waals surface area contributed by atoms with E-state index < -0.39 is 0 Å². The number of benzene rings is 1. The molecule has 0 aliphatic carbocycles. The van der Waals surface area contributed by atoms with Crippen molar-refractivity contribution in [3.05, 3.63) is 33.8 Å². The molecule has 1 N–H and O–H groups in total. The van der Waals surface area contributed by atoms with E-state index in [4.69, 9.17) is 23.2 Å². The molecule has 0 bridgehead atoms. The summed E-state index contributed by atoms with van der Waals surface area (Å²) in [4.78, 5) is 2.43. The summed E-state index contributed by atoms with van der Waals surface area (Å²) in [7, 11) is 2.03.